The molecule has 10 heteroatoms. The van der Waals surface area contributed by atoms with Crippen molar-refractivity contribution in [3.05, 3.63) is 92.7 Å². The van der Waals surface area contributed by atoms with Gasteiger partial charge in [-0.15, -0.1) is 0 Å². The minimum atomic E-state index is -1.35. The minimum Gasteiger partial charge on any atom is -0.478 e. The highest BCUT2D eigenvalue weighted by molar-refractivity contribution is 6.31. The fourth-order valence-electron chi connectivity index (χ4n) is 7.52. The Kier molecular flexibility index (Phi) is 6.38. The molecule has 1 aliphatic carbocycles. The first-order chi connectivity index (χ1) is 20.1. The standard InChI is InChI=1S/C32H28Cl2FN3O4/c1-16-11-19(8-9-20(16)30(40)41)37-14-25-27(26(39)15-37)28(21-3-2-4-23(34)29(21)35)32(38(25)13-17-5-6-17)22-10-7-18(33)12-24(22)36-31(32)42/h2-4,7-12,17,25,27-28H,5-6,13-15H2,1H3,(H,36,42)(H,40,41)/t25-,27-,28-,32+/m0/s1. The number of ketones is 1. The number of likely N-dealkylation sites (tertiary alicyclic amines) is 1. The summed E-state index contributed by atoms with van der Waals surface area (Å²) in [4.78, 5) is 44.4. The average Bonchev–Trinajstić information content (AvgIpc) is 3.66. The van der Waals surface area contributed by atoms with Crippen molar-refractivity contribution >= 4 is 52.2 Å². The van der Waals surface area contributed by atoms with E-state index in [0.29, 0.717) is 40.8 Å². The van der Waals surface area contributed by atoms with E-state index in [0.717, 1.165) is 18.5 Å². The van der Waals surface area contributed by atoms with Crippen LogP contribution in [0.4, 0.5) is 15.8 Å². The molecule has 0 radical (unpaired) electrons. The lowest BCUT2D eigenvalue weighted by molar-refractivity contribution is -0.128. The second-order valence-corrected chi connectivity index (χ2v) is 12.7. The van der Waals surface area contributed by atoms with Crippen LogP contribution < -0.4 is 10.2 Å². The van der Waals surface area contributed by atoms with E-state index in [9.17, 15) is 19.5 Å². The lowest BCUT2D eigenvalue weighted by Crippen LogP contribution is -2.56. The van der Waals surface area contributed by atoms with Gasteiger partial charge in [0.05, 0.1) is 17.1 Å². The molecule has 0 bridgehead atoms. The number of anilines is 2. The van der Waals surface area contributed by atoms with Gasteiger partial charge in [0, 0.05) is 52.9 Å². The molecule has 1 amide bonds. The first-order valence-electron chi connectivity index (χ1n) is 14.0. The first kappa shape index (κ1) is 27.4. The number of carboxylic acid groups (broad SMARTS) is 1. The zero-order chi connectivity index (χ0) is 29.5. The van der Waals surface area contributed by atoms with Crippen molar-refractivity contribution in [1.82, 2.24) is 4.90 Å². The number of carbonyl (C=O) groups excluding carboxylic acids is 2. The third-order valence-electron chi connectivity index (χ3n) is 9.46. The second kappa shape index (κ2) is 9.79. The number of fused-ring (bicyclic) bond motifs is 3. The monoisotopic (exact) mass is 607 g/mol. The van der Waals surface area contributed by atoms with E-state index in [1.54, 1.807) is 49.4 Å². The Bertz CT molecular complexity index is 1680. The fraction of sp³-hybridized carbons (Fsp3) is 0.344. The predicted octanol–water partition coefficient (Wildman–Crippen LogP) is 5.87. The molecule has 3 fully saturated rings. The number of aryl methyl sites for hydroxylation is 1. The van der Waals surface area contributed by atoms with Crippen molar-refractivity contribution in [3.63, 3.8) is 0 Å². The molecule has 42 heavy (non-hydrogen) atoms. The van der Waals surface area contributed by atoms with Gasteiger partial charge in [-0.05, 0) is 73.2 Å². The van der Waals surface area contributed by atoms with Crippen LogP contribution >= 0.6 is 23.2 Å². The van der Waals surface area contributed by atoms with E-state index < -0.39 is 35.2 Å². The van der Waals surface area contributed by atoms with E-state index in [4.69, 9.17) is 23.2 Å². The van der Waals surface area contributed by atoms with Crippen LogP contribution in [-0.4, -0.2) is 53.3 Å². The van der Waals surface area contributed by atoms with Gasteiger partial charge in [0.25, 0.3) is 0 Å². The average molecular weight is 608 g/mol. The zero-order valence-electron chi connectivity index (χ0n) is 22.7. The van der Waals surface area contributed by atoms with Crippen molar-refractivity contribution < 1.29 is 23.9 Å². The molecule has 3 heterocycles. The Morgan fingerprint density at radius 1 is 1.12 bits per heavy atom. The highest BCUT2D eigenvalue weighted by Crippen LogP contribution is 2.61. The summed E-state index contributed by atoms with van der Waals surface area (Å²) in [5.41, 5.74) is 1.65. The van der Waals surface area contributed by atoms with Crippen LogP contribution in [0.2, 0.25) is 10.0 Å². The summed E-state index contributed by atoms with van der Waals surface area (Å²) in [6.07, 6.45) is 2.03. The molecule has 0 aromatic heterocycles. The van der Waals surface area contributed by atoms with E-state index in [1.807, 2.05) is 11.0 Å². The molecule has 7 rings (SSSR count). The van der Waals surface area contributed by atoms with Crippen LogP contribution in [0.3, 0.4) is 0 Å². The van der Waals surface area contributed by atoms with Crippen LogP contribution in [0.5, 0.6) is 0 Å². The van der Waals surface area contributed by atoms with Crippen molar-refractivity contribution in [2.45, 2.75) is 37.3 Å². The lowest BCUT2D eigenvalue weighted by Gasteiger charge is -2.42. The van der Waals surface area contributed by atoms with Crippen LogP contribution in [0.15, 0.2) is 54.6 Å². The van der Waals surface area contributed by atoms with Crippen molar-refractivity contribution in [3.8, 4) is 0 Å². The van der Waals surface area contributed by atoms with Crippen LogP contribution in [0, 0.1) is 24.6 Å². The van der Waals surface area contributed by atoms with Gasteiger partial charge >= 0.3 is 5.97 Å². The smallest absolute Gasteiger partial charge is 0.335 e. The molecule has 216 valence electrons. The molecular weight excluding hydrogens is 580 g/mol. The summed E-state index contributed by atoms with van der Waals surface area (Å²) in [5, 5.41) is 12.9. The molecule has 1 spiro atoms. The van der Waals surface area contributed by atoms with Gasteiger partial charge in [0.1, 0.15) is 11.4 Å². The number of amides is 1. The van der Waals surface area contributed by atoms with Gasteiger partial charge in [0.2, 0.25) is 5.91 Å². The highest BCUT2D eigenvalue weighted by atomic mass is 35.5. The molecule has 2 N–H and O–H groups in total. The number of aromatic carboxylic acids is 1. The molecule has 3 aromatic carbocycles. The Morgan fingerprint density at radius 2 is 1.90 bits per heavy atom. The Balaban J connectivity index is 1.42. The third kappa shape index (κ3) is 3.99. The molecule has 1 saturated carbocycles. The van der Waals surface area contributed by atoms with Gasteiger partial charge in [-0.1, -0.05) is 41.4 Å². The van der Waals surface area contributed by atoms with Crippen LogP contribution in [0.1, 0.15) is 45.8 Å². The van der Waals surface area contributed by atoms with Crippen molar-refractivity contribution in [2.24, 2.45) is 11.8 Å². The Hall–Kier alpha value is -3.46. The van der Waals surface area contributed by atoms with E-state index in [-0.39, 0.29) is 34.4 Å². The van der Waals surface area contributed by atoms with Gasteiger partial charge in [-0.25, -0.2) is 9.18 Å². The second-order valence-electron chi connectivity index (χ2n) is 11.9. The maximum absolute atomic E-state index is 16.0. The SMILES string of the molecule is Cc1cc(N2CC(=O)[C@@H]3[C@H](C2)N(CC2CC2)[C@@]2(C(=O)Nc4cc(Cl)ccc42)[C@H]3c2cccc(Cl)c2F)ccc1C(=O)O. The number of carbonyl (C=O) groups is 3. The summed E-state index contributed by atoms with van der Waals surface area (Å²) in [7, 11) is 0. The summed E-state index contributed by atoms with van der Waals surface area (Å²) >= 11 is 12.6. The highest BCUT2D eigenvalue weighted by Gasteiger charge is 2.69. The zero-order valence-corrected chi connectivity index (χ0v) is 24.3. The Morgan fingerprint density at radius 3 is 2.62 bits per heavy atom. The van der Waals surface area contributed by atoms with E-state index in [1.165, 1.54) is 6.07 Å². The largest absolute Gasteiger partial charge is 0.478 e. The van der Waals surface area contributed by atoms with Gasteiger partial charge in [0.15, 0.2) is 5.78 Å². The Labute approximate surface area is 252 Å². The number of Topliss-reactive ketones (excluding diaryl/α,β-unsaturated/α-hetero) is 1. The number of nitrogens with zero attached hydrogens (tertiary/aromatic N) is 2. The van der Waals surface area contributed by atoms with E-state index in [2.05, 4.69) is 10.2 Å². The summed E-state index contributed by atoms with van der Waals surface area (Å²) in [5.74, 6) is -3.20. The number of benzene rings is 3. The normalized spacial score (nSPS) is 26.9. The number of hydrogen-bond acceptors (Lipinski definition) is 5. The van der Waals surface area contributed by atoms with Crippen LogP contribution in [-0.2, 0) is 15.1 Å². The lowest BCUT2D eigenvalue weighted by atomic mass is 9.69. The number of rotatable bonds is 5. The quantitative estimate of drug-likeness (QED) is 0.377. The molecule has 3 aliphatic heterocycles. The van der Waals surface area contributed by atoms with E-state index >= 15 is 4.39 Å². The summed E-state index contributed by atoms with van der Waals surface area (Å²) in [6, 6.07) is 14.6. The number of nitrogens with one attached hydrogen (secondary N) is 1. The molecule has 0 unspecified atom stereocenters. The molecular formula is C32H28Cl2FN3O4. The fourth-order valence-corrected chi connectivity index (χ4v) is 7.87. The summed E-state index contributed by atoms with van der Waals surface area (Å²) < 4.78 is 16.0. The number of halogens is 3. The molecule has 4 aliphatic rings. The number of carboxylic acids is 1. The summed E-state index contributed by atoms with van der Waals surface area (Å²) in [6.45, 7) is 2.77. The van der Waals surface area contributed by atoms with Gasteiger partial charge in [-0.2, -0.15) is 0 Å². The third-order valence-corrected chi connectivity index (χ3v) is 9.99. The minimum absolute atomic E-state index is 0.0498. The van der Waals surface area contributed by atoms with Gasteiger partial charge < -0.3 is 15.3 Å². The van der Waals surface area contributed by atoms with Crippen molar-refractivity contribution in [1.29, 1.82) is 0 Å². The molecule has 7 nitrogen and oxygen atoms in total. The van der Waals surface area contributed by atoms with Gasteiger partial charge in [-0.3, -0.25) is 14.5 Å². The van der Waals surface area contributed by atoms with Crippen LogP contribution in [0.25, 0.3) is 0 Å². The molecule has 3 aromatic rings. The molecule has 4 atom stereocenters. The number of hydrogen-bond donors (Lipinski definition) is 2. The molecule has 2 saturated heterocycles. The predicted molar refractivity (Wildman–Crippen MR) is 158 cm³/mol. The topological polar surface area (TPSA) is 90.0 Å². The maximum Gasteiger partial charge on any atom is 0.335 e. The first-order valence-corrected chi connectivity index (χ1v) is 14.8. The maximum atomic E-state index is 16.0. The van der Waals surface area contributed by atoms with Crippen molar-refractivity contribution in [2.75, 3.05) is 29.9 Å². The number of piperidine rings is 1.